The van der Waals surface area contributed by atoms with Crippen LogP contribution in [0.15, 0.2) is 0 Å². The molecule has 1 unspecified atom stereocenters. The van der Waals surface area contributed by atoms with Crippen molar-refractivity contribution >= 4 is 41.8 Å². The lowest BCUT2D eigenvalue weighted by atomic mass is 10.1. The Kier molecular flexibility index (Phi) is 47.6. The van der Waals surface area contributed by atoms with Gasteiger partial charge in [-0.05, 0) is 84.8 Å². The normalized spacial score (nSPS) is 16.0. The number of carbonyl (C=O) groups is 7. The summed E-state index contributed by atoms with van der Waals surface area (Å²) in [4.78, 5) is 91.3. The molecule has 0 aromatic rings. The molecule has 16 nitrogen and oxygen atoms in total. The number of rotatable bonds is 54. The lowest BCUT2D eigenvalue weighted by molar-refractivity contribution is -0.200. The van der Waals surface area contributed by atoms with Gasteiger partial charge in [-0.2, -0.15) is 0 Å². The van der Waals surface area contributed by atoms with Crippen LogP contribution in [0.4, 0.5) is 0 Å². The molecule has 1 aliphatic rings. The van der Waals surface area contributed by atoms with Crippen molar-refractivity contribution in [2.75, 3.05) is 47.1 Å². The highest BCUT2D eigenvalue weighted by molar-refractivity contribution is 5.72. The molecule has 0 N–H and O–H groups in total. The van der Waals surface area contributed by atoms with Crippen LogP contribution >= 0.6 is 0 Å². The highest BCUT2D eigenvalue weighted by Gasteiger charge is 2.52. The van der Waals surface area contributed by atoms with Crippen LogP contribution in [0.3, 0.4) is 0 Å². The molecule has 16 heteroatoms. The van der Waals surface area contributed by atoms with Crippen molar-refractivity contribution in [3.63, 3.8) is 0 Å². The van der Waals surface area contributed by atoms with Crippen molar-refractivity contribution in [2.24, 2.45) is 0 Å². The van der Waals surface area contributed by atoms with E-state index in [1.54, 1.807) is 0 Å². The van der Waals surface area contributed by atoms with Gasteiger partial charge in [-0.15, -0.1) is 0 Å². The lowest BCUT2D eigenvalue weighted by Gasteiger charge is -2.24. The molecule has 0 aromatic carbocycles. The first-order valence-electron chi connectivity index (χ1n) is 31.4. The Morgan fingerprint density at radius 3 is 0.962 bits per heavy atom. The molecule has 78 heavy (non-hydrogen) atoms. The van der Waals surface area contributed by atoms with Crippen molar-refractivity contribution in [2.45, 2.75) is 309 Å². The molecule has 0 aliphatic carbocycles. The van der Waals surface area contributed by atoms with Gasteiger partial charge < -0.3 is 42.8 Å². The number of unbranched alkanes of at least 4 members (excludes halogenated alkanes) is 27. The fourth-order valence-corrected chi connectivity index (χ4v) is 9.21. The quantitative estimate of drug-likeness (QED) is 0.0316. The Morgan fingerprint density at radius 2 is 0.603 bits per heavy atom. The fraction of sp³-hybridized carbons (Fsp3) is 0.887. The van der Waals surface area contributed by atoms with Crippen LogP contribution in [0.2, 0.25) is 0 Å². The zero-order valence-corrected chi connectivity index (χ0v) is 49.9. The zero-order chi connectivity index (χ0) is 57.1. The Morgan fingerprint density at radius 1 is 0.321 bits per heavy atom. The van der Waals surface area contributed by atoms with Crippen molar-refractivity contribution in [3.05, 3.63) is 0 Å². The molecular formula is C62H111NO15. The van der Waals surface area contributed by atoms with Gasteiger partial charge in [0.15, 0.2) is 6.10 Å². The average Bonchev–Trinajstić information content (AvgIpc) is 3.72. The first-order chi connectivity index (χ1) is 37.9. The Labute approximate surface area is 472 Å². The van der Waals surface area contributed by atoms with Gasteiger partial charge >= 0.3 is 41.8 Å². The molecule has 0 aromatic heterocycles. The van der Waals surface area contributed by atoms with Crippen molar-refractivity contribution < 1.29 is 71.5 Å². The summed E-state index contributed by atoms with van der Waals surface area (Å²) in [6.07, 6.45) is 28.4. The summed E-state index contributed by atoms with van der Waals surface area (Å²) in [5.74, 6) is -2.49. The predicted molar refractivity (Wildman–Crippen MR) is 303 cm³/mol. The number of hydrogen-bond acceptors (Lipinski definition) is 16. The number of carbonyl (C=O) groups excluding carboxylic acids is 7. The van der Waals surface area contributed by atoms with Crippen LogP contribution in [-0.4, -0.2) is 118 Å². The van der Waals surface area contributed by atoms with Gasteiger partial charge in [-0.25, -0.2) is 0 Å². The van der Waals surface area contributed by atoms with Crippen LogP contribution in [0, 0.1) is 0 Å². The van der Waals surface area contributed by atoms with Gasteiger partial charge in [0.05, 0.1) is 19.8 Å². The van der Waals surface area contributed by atoms with E-state index in [2.05, 4.69) is 20.8 Å². The van der Waals surface area contributed by atoms with Gasteiger partial charge in [0, 0.05) is 44.9 Å². The highest BCUT2D eigenvalue weighted by atomic mass is 16.8. The van der Waals surface area contributed by atoms with E-state index < -0.39 is 48.5 Å². The van der Waals surface area contributed by atoms with E-state index >= 15 is 0 Å². The molecule has 0 radical (unpaired) electrons. The maximum absolute atomic E-state index is 13.5. The molecule has 1 fully saturated rings. The second kappa shape index (κ2) is 51.4. The van der Waals surface area contributed by atoms with Crippen molar-refractivity contribution in [1.29, 1.82) is 0 Å². The Bertz CT molecular complexity index is 1540. The van der Waals surface area contributed by atoms with Crippen LogP contribution in [0.5, 0.6) is 0 Å². The topological polar surface area (TPSA) is 197 Å². The summed E-state index contributed by atoms with van der Waals surface area (Å²) in [5.41, 5.74) is 0. The van der Waals surface area contributed by atoms with E-state index in [0.717, 1.165) is 154 Å². The highest BCUT2D eigenvalue weighted by Crippen LogP contribution is 2.30. The summed E-state index contributed by atoms with van der Waals surface area (Å²) in [6.45, 7) is 8.14. The summed E-state index contributed by atoms with van der Waals surface area (Å²) in [5, 5.41) is 0. The van der Waals surface area contributed by atoms with Crippen LogP contribution in [0.1, 0.15) is 284 Å². The van der Waals surface area contributed by atoms with E-state index in [0.29, 0.717) is 71.3 Å². The second-order valence-electron chi connectivity index (χ2n) is 21.8. The standard InChI is InChI=1S/C62H111NO15/c1-6-9-12-21-30-40-53(64)71-48-36-27-18-15-24-33-43-57(68)76-60-52(51-74-56(67)46-39-47-63(4)5)75-62(78-59(70)45-35-26-17-20-29-38-50-73-55(66)42-32-23-14-11-8-3)61(60)77-58(69)44-34-25-16-19-28-37-49-72-54(65)41-31-22-13-10-7-2/h52,60-62H,6-51H2,1-5H3/t52-,60?,61+,62+/m1/s1. The predicted octanol–water partition coefficient (Wildman–Crippen LogP) is 13.9. The monoisotopic (exact) mass is 1110 g/mol. The van der Waals surface area contributed by atoms with E-state index in [1.807, 2.05) is 19.0 Å². The van der Waals surface area contributed by atoms with E-state index in [4.69, 9.17) is 37.9 Å². The molecule has 0 spiro atoms. The largest absolute Gasteiger partial charge is 0.466 e. The molecule has 0 bridgehead atoms. The minimum Gasteiger partial charge on any atom is -0.466 e. The van der Waals surface area contributed by atoms with Crippen molar-refractivity contribution in [3.8, 4) is 0 Å². The zero-order valence-electron chi connectivity index (χ0n) is 49.9. The summed E-state index contributed by atoms with van der Waals surface area (Å²) >= 11 is 0. The van der Waals surface area contributed by atoms with Crippen LogP contribution in [-0.2, 0) is 71.5 Å². The third kappa shape index (κ3) is 43.1. The lowest BCUT2D eigenvalue weighted by Crippen LogP contribution is -2.42. The number of nitrogens with zero attached hydrogens (tertiary/aromatic N) is 1. The van der Waals surface area contributed by atoms with E-state index in [1.165, 1.54) is 38.5 Å². The fourth-order valence-electron chi connectivity index (χ4n) is 9.21. The number of esters is 7. The smallest absolute Gasteiger partial charge is 0.308 e. The van der Waals surface area contributed by atoms with Gasteiger partial charge in [-0.1, -0.05) is 175 Å². The minimum atomic E-state index is -1.39. The third-order valence-electron chi connectivity index (χ3n) is 14.0. The summed E-state index contributed by atoms with van der Waals surface area (Å²) < 4.78 is 45.9. The van der Waals surface area contributed by atoms with Crippen molar-refractivity contribution in [1.82, 2.24) is 4.90 Å². The Hall–Kier alpha value is -3.79. The second-order valence-corrected chi connectivity index (χ2v) is 21.8. The molecule has 0 amide bonds. The number of ether oxygens (including phenoxy) is 8. The molecule has 1 heterocycles. The maximum atomic E-state index is 13.5. The average molecular weight is 1110 g/mol. The van der Waals surface area contributed by atoms with Crippen LogP contribution < -0.4 is 0 Å². The minimum absolute atomic E-state index is 0.0857. The molecule has 1 rings (SSSR count). The van der Waals surface area contributed by atoms with Crippen LogP contribution in [0.25, 0.3) is 0 Å². The molecule has 1 aliphatic heterocycles. The van der Waals surface area contributed by atoms with E-state index in [-0.39, 0.29) is 50.2 Å². The maximum Gasteiger partial charge on any atom is 0.308 e. The first kappa shape index (κ1) is 72.2. The van der Waals surface area contributed by atoms with E-state index in [9.17, 15) is 33.6 Å². The molecule has 4 atom stereocenters. The summed E-state index contributed by atoms with van der Waals surface area (Å²) in [7, 11) is 3.83. The van der Waals surface area contributed by atoms with Gasteiger partial charge in [0.25, 0.3) is 0 Å². The summed E-state index contributed by atoms with van der Waals surface area (Å²) in [6, 6.07) is 0. The first-order valence-corrected chi connectivity index (χ1v) is 31.4. The molecule has 1 saturated heterocycles. The van der Waals surface area contributed by atoms with Gasteiger partial charge in [0.2, 0.25) is 12.4 Å². The molecule has 454 valence electrons. The molecular weight excluding hydrogens is 999 g/mol. The third-order valence-corrected chi connectivity index (χ3v) is 14.0. The SMILES string of the molecule is CCCCCCCC(=O)OCCCCCCCCC(=O)OC1[C@@H](COC(=O)CCCN(C)C)O[C@@H](OC(=O)CCCCCCCCOC(=O)CCCCCCC)[C@H]1OC(=O)CCCCCCCCOC(=O)CCCCCCC. The number of hydrogen-bond donors (Lipinski definition) is 0. The Balaban J connectivity index is 2.83. The van der Waals surface area contributed by atoms with Gasteiger partial charge in [-0.3, -0.25) is 33.6 Å². The molecule has 0 saturated carbocycles. The van der Waals surface area contributed by atoms with Gasteiger partial charge in [0.1, 0.15) is 12.7 Å².